The summed E-state index contributed by atoms with van der Waals surface area (Å²) in [5.41, 5.74) is 0. The van der Waals surface area contributed by atoms with Crippen molar-refractivity contribution in [2.24, 2.45) is 0 Å². The summed E-state index contributed by atoms with van der Waals surface area (Å²) in [5.74, 6) is 0. The zero-order valence-corrected chi connectivity index (χ0v) is 14.4. The maximum absolute atomic E-state index is 12.2. The lowest BCUT2D eigenvalue weighted by atomic mass is 10.2. The number of unbranched alkanes of at least 4 members (excludes halogenated alkanes) is 3. The van der Waals surface area contributed by atoms with E-state index in [1.807, 2.05) is 13.8 Å². The molecule has 126 valence electrons. The highest BCUT2D eigenvalue weighted by molar-refractivity contribution is 7.53. The molecular formula is C15H31O5P. The molecule has 0 aromatic rings. The van der Waals surface area contributed by atoms with Crippen molar-refractivity contribution in [3.8, 4) is 0 Å². The van der Waals surface area contributed by atoms with Crippen LogP contribution in [0.1, 0.15) is 58.8 Å². The second-order valence-electron chi connectivity index (χ2n) is 5.25. The topological polar surface area (TPSA) is 54.0 Å². The minimum Gasteiger partial charge on any atom is -0.353 e. The van der Waals surface area contributed by atoms with Gasteiger partial charge in [-0.15, -0.1) is 0 Å². The van der Waals surface area contributed by atoms with Crippen molar-refractivity contribution < 1.29 is 23.1 Å². The molecule has 0 aromatic heterocycles. The molecule has 1 atom stereocenters. The van der Waals surface area contributed by atoms with E-state index in [9.17, 15) is 4.57 Å². The predicted octanol–water partition coefficient (Wildman–Crippen LogP) is 4.36. The van der Waals surface area contributed by atoms with Gasteiger partial charge in [-0.2, -0.15) is 0 Å². The highest BCUT2D eigenvalue weighted by Crippen LogP contribution is 2.48. The third-order valence-corrected chi connectivity index (χ3v) is 5.59. The van der Waals surface area contributed by atoms with Crippen molar-refractivity contribution in [3.05, 3.63) is 0 Å². The molecule has 1 unspecified atom stereocenters. The van der Waals surface area contributed by atoms with Crippen molar-refractivity contribution >= 4 is 7.60 Å². The van der Waals surface area contributed by atoms with Gasteiger partial charge in [0.1, 0.15) is 0 Å². The fourth-order valence-corrected chi connectivity index (χ4v) is 4.11. The fourth-order valence-electron chi connectivity index (χ4n) is 2.38. The van der Waals surface area contributed by atoms with E-state index in [2.05, 4.69) is 0 Å². The molecule has 5 nitrogen and oxygen atoms in total. The standard InChI is InChI=1S/C15H31O5P/c1-3-19-21(16,20-4-2)14-10-6-5-8-12-17-15-11-7-9-13-18-15/h15H,3-14H2,1-2H3. The van der Waals surface area contributed by atoms with Gasteiger partial charge in [0.25, 0.3) is 0 Å². The first kappa shape index (κ1) is 19.1. The number of ether oxygens (including phenoxy) is 2. The first-order chi connectivity index (χ1) is 10.2. The molecule has 6 heteroatoms. The lowest BCUT2D eigenvalue weighted by Gasteiger charge is -2.22. The van der Waals surface area contributed by atoms with Gasteiger partial charge < -0.3 is 18.5 Å². The largest absolute Gasteiger partial charge is 0.353 e. The molecule has 1 aliphatic rings. The van der Waals surface area contributed by atoms with Crippen LogP contribution >= 0.6 is 7.60 Å². The van der Waals surface area contributed by atoms with Gasteiger partial charge in [-0.1, -0.05) is 12.8 Å². The van der Waals surface area contributed by atoms with E-state index >= 15 is 0 Å². The zero-order chi connectivity index (χ0) is 15.4. The number of hydrogen-bond donors (Lipinski definition) is 0. The molecule has 0 amide bonds. The molecular weight excluding hydrogens is 291 g/mol. The van der Waals surface area contributed by atoms with Crippen LogP contribution in [0.2, 0.25) is 0 Å². The summed E-state index contributed by atoms with van der Waals surface area (Å²) in [6.45, 7) is 6.14. The Morgan fingerprint density at radius 3 is 2.38 bits per heavy atom. The van der Waals surface area contributed by atoms with Crippen LogP contribution in [0.4, 0.5) is 0 Å². The van der Waals surface area contributed by atoms with E-state index in [4.69, 9.17) is 18.5 Å². The Kier molecular flexibility index (Phi) is 10.6. The molecule has 21 heavy (non-hydrogen) atoms. The Morgan fingerprint density at radius 1 is 1.05 bits per heavy atom. The SMILES string of the molecule is CCOP(=O)(CCCCCCOC1CCCCO1)OCC. The van der Waals surface area contributed by atoms with Gasteiger partial charge in [-0.05, 0) is 46.0 Å². The van der Waals surface area contributed by atoms with Crippen LogP contribution < -0.4 is 0 Å². The third-order valence-electron chi connectivity index (χ3n) is 3.42. The van der Waals surface area contributed by atoms with Crippen LogP contribution in [-0.2, 0) is 23.1 Å². The van der Waals surface area contributed by atoms with Crippen molar-refractivity contribution in [2.45, 2.75) is 65.1 Å². The molecule has 0 N–H and O–H groups in total. The second kappa shape index (κ2) is 11.6. The predicted molar refractivity (Wildman–Crippen MR) is 83.7 cm³/mol. The normalized spacial score (nSPS) is 19.8. The minimum atomic E-state index is -2.85. The van der Waals surface area contributed by atoms with Crippen LogP contribution in [-0.4, -0.2) is 38.9 Å². The maximum Gasteiger partial charge on any atom is 0.330 e. The lowest BCUT2D eigenvalue weighted by Crippen LogP contribution is -2.22. The monoisotopic (exact) mass is 322 g/mol. The van der Waals surface area contributed by atoms with E-state index in [0.29, 0.717) is 19.4 Å². The summed E-state index contributed by atoms with van der Waals surface area (Å²) >= 11 is 0. The zero-order valence-electron chi connectivity index (χ0n) is 13.6. The summed E-state index contributed by atoms with van der Waals surface area (Å²) in [4.78, 5) is 0. The van der Waals surface area contributed by atoms with Gasteiger partial charge in [0, 0.05) is 13.2 Å². The van der Waals surface area contributed by atoms with Gasteiger partial charge in [-0.3, -0.25) is 4.57 Å². The molecule has 1 heterocycles. The Hall–Kier alpha value is 0.0700. The minimum absolute atomic E-state index is 0.00914. The smallest absolute Gasteiger partial charge is 0.330 e. The quantitative estimate of drug-likeness (QED) is 0.395. The van der Waals surface area contributed by atoms with Crippen molar-refractivity contribution in [2.75, 3.05) is 32.6 Å². The van der Waals surface area contributed by atoms with Gasteiger partial charge in [0.15, 0.2) is 6.29 Å². The Labute approximate surface area is 129 Å². The summed E-state index contributed by atoms with van der Waals surface area (Å²) in [6.07, 6.45) is 7.89. The summed E-state index contributed by atoms with van der Waals surface area (Å²) < 4.78 is 34.0. The lowest BCUT2D eigenvalue weighted by molar-refractivity contribution is -0.162. The molecule has 0 saturated carbocycles. The third kappa shape index (κ3) is 8.94. The van der Waals surface area contributed by atoms with Gasteiger partial charge in [0.05, 0.1) is 19.4 Å². The van der Waals surface area contributed by atoms with Gasteiger partial charge in [-0.25, -0.2) is 0 Å². The highest BCUT2D eigenvalue weighted by atomic mass is 31.2. The van der Waals surface area contributed by atoms with Crippen molar-refractivity contribution in [1.29, 1.82) is 0 Å². The Balaban J connectivity index is 1.98. The first-order valence-electron chi connectivity index (χ1n) is 8.31. The Morgan fingerprint density at radius 2 is 1.76 bits per heavy atom. The Bertz CT molecular complexity index is 282. The van der Waals surface area contributed by atoms with Crippen LogP contribution in [0, 0.1) is 0 Å². The number of rotatable bonds is 12. The molecule has 0 aliphatic carbocycles. The van der Waals surface area contributed by atoms with E-state index in [1.54, 1.807) is 0 Å². The highest BCUT2D eigenvalue weighted by Gasteiger charge is 2.22. The van der Waals surface area contributed by atoms with E-state index in [0.717, 1.165) is 51.7 Å². The number of hydrogen-bond acceptors (Lipinski definition) is 5. The fraction of sp³-hybridized carbons (Fsp3) is 1.00. The molecule has 0 radical (unpaired) electrons. The van der Waals surface area contributed by atoms with E-state index in [1.165, 1.54) is 6.42 Å². The van der Waals surface area contributed by atoms with Crippen molar-refractivity contribution in [1.82, 2.24) is 0 Å². The average molecular weight is 322 g/mol. The van der Waals surface area contributed by atoms with Crippen LogP contribution in [0.15, 0.2) is 0 Å². The van der Waals surface area contributed by atoms with Crippen LogP contribution in [0.25, 0.3) is 0 Å². The van der Waals surface area contributed by atoms with Crippen LogP contribution in [0.3, 0.4) is 0 Å². The van der Waals surface area contributed by atoms with E-state index < -0.39 is 7.60 Å². The molecule has 0 aromatic carbocycles. The van der Waals surface area contributed by atoms with E-state index in [-0.39, 0.29) is 6.29 Å². The molecule has 1 rings (SSSR count). The summed E-state index contributed by atoms with van der Waals surface area (Å²) in [5, 5.41) is 0. The van der Waals surface area contributed by atoms with Gasteiger partial charge >= 0.3 is 7.60 Å². The van der Waals surface area contributed by atoms with Crippen molar-refractivity contribution in [3.63, 3.8) is 0 Å². The molecule has 0 spiro atoms. The summed E-state index contributed by atoms with van der Waals surface area (Å²) in [6, 6.07) is 0. The van der Waals surface area contributed by atoms with Crippen LogP contribution in [0.5, 0.6) is 0 Å². The molecule has 1 fully saturated rings. The maximum atomic E-state index is 12.2. The molecule has 0 bridgehead atoms. The second-order valence-corrected chi connectivity index (χ2v) is 7.44. The first-order valence-corrected chi connectivity index (χ1v) is 10.0. The average Bonchev–Trinajstić information content (AvgIpc) is 2.48. The van der Waals surface area contributed by atoms with Gasteiger partial charge in [0.2, 0.25) is 0 Å². The summed E-state index contributed by atoms with van der Waals surface area (Å²) in [7, 11) is -2.85. The molecule has 1 aliphatic heterocycles. The molecule has 1 saturated heterocycles.